The van der Waals surface area contributed by atoms with Crippen LogP contribution in [0.4, 0.5) is 4.79 Å². The molecule has 0 aromatic rings. The number of allylic oxidation sites excluding steroid dienone is 7. The van der Waals surface area contributed by atoms with Crippen LogP contribution in [0.1, 0.15) is 40.5 Å². The highest BCUT2D eigenvalue weighted by atomic mass is 16.4. The van der Waals surface area contributed by atoms with Crippen molar-refractivity contribution in [3.63, 3.8) is 0 Å². The van der Waals surface area contributed by atoms with Crippen molar-refractivity contribution in [3.05, 3.63) is 93.7 Å². The fourth-order valence-electron chi connectivity index (χ4n) is 9.07. The molecule has 0 saturated carbocycles. The highest BCUT2D eigenvalue weighted by Crippen LogP contribution is 2.46. The molecule has 9 aliphatic rings. The van der Waals surface area contributed by atoms with E-state index in [4.69, 9.17) is 25.7 Å². The second kappa shape index (κ2) is 10.6. The van der Waals surface area contributed by atoms with Crippen LogP contribution in [-0.2, 0) is 0 Å². The minimum Gasteiger partial charge on any atom is -0.465 e. The molecule has 10 atom stereocenters. The van der Waals surface area contributed by atoms with Gasteiger partial charge < -0.3 is 26.8 Å². The van der Waals surface area contributed by atoms with Crippen LogP contribution in [0.3, 0.4) is 0 Å². The molecule has 1 fully saturated rings. The van der Waals surface area contributed by atoms with E-state index in [-0.39, 0.29) is 41.9 Å². The maximum atomic E-state index is 13.5. The summed E-state index contributed by atoms with van der Waals surface area (Å²) >= 11 is 0. The predicted molar refractivity (Wildman–Crippen MR) is 187 cm³/mol. The van der Waals surface area contributed by atoms with Gasteiger partial charge in [0, 0.05) is 46.3 Å². The number of amidine groups is 4. The molecule has 9 rings (SSSR count). The Bertz CT molecular complexity index is 1920. The van der Waals surface area contributed by atoms with Crippen LogP contribution in [0.5, 0.6) is 0 Å². The number of carbonyl (C=O) groups is 1. The number of nitrogens with zero attached hydrogens (tertiary/aromatic N) is 5. The zero-order valence-corrected chi connectivity index (χ0v) is 27.6. The van der Waals surface area contributed by atoms with Crippen LogP contribution < -0.4 is 21.7 Å². The average molecular weight is 644 g/mol. The molecule has 8 bridgehead atoms. The van der Waals surface area contributed by atoms with Crippen molar-refractivity contribution in [2.24, 2.45) is 55.3 Å². The first-order chi connectivity index (χ1) is 23.2. The fourth-order valence-corrected chi connectivity index (χ4v) is 9.07. The molecule has 48 heavy (non-hydrogen) atoms. The third kappa shape index (κ3) is 4.12. The van der Waals surface area contributed by atoms with Crippen LogP contribution in [-0.4, -0.2) is 70.1 Å². The lowest BCUT2D eigenvalue weighted by Crippen LogP contribution is -2.50. The molecular weight excluding hydrogens is 602 g/mol. The zero-order valence-electron chi connectivity index (χ0n) is 27.6. The minimum absolute atomic E-state index is 0.0238. The molecule has 11 heteroatoms. The van der Waals surface area contributed by atoms with Gasteiger partial charge in [-0.15, -0.1) is 0 Å². The van der Waals surface area contributed by atoms with Gasteiger partial charge in [0.2, 0.25) is 0 Å². The first kappa shape index (κ1) is 29.4. The third-order valence-electron chi connectivity index (χ3n) is 11.8. The van der Waals surface area contributed by atoms with E-state index in [1.165, 1.54) is 4.90 Å². The molecular formula is C37H41N9O2. The van der Waals surface area contributed by atoms with Crippen LogP contribution >= 0.6 is 0 Å². The molecule has 0 spiro atoms. The summed E-state index contributed by atoms with van der Waals surface area (Å²) in [6.45, 7) is 8.36. The normalized spacial score (nSPS) is 38.6. The van der Waals surface area contributed by atoms with Crippen molar-refractivity contribution >= 4 is 29.4 Å². The van der Waals surface area contributed by atoms with Gasteiger partial charge in [-0.05, 0) is 39.2 Å². The lowest BCUT2D eigenvalue weighted by atomic mass is 9.76. The van der Waals surface area contributed by atoms with Gasteiger partial charge in [-0.1, -0.05) is 78.3 Å². The Morgan fingerprint density at radius 2 is 1.62 bits per heavy atom. The summed E-state index contributed by atoms with van der Waals surface area (Å²) in [6, 6.07) is -0.432. The SMILES string of the molecule is CC1=CC=CC2C3=NC(C12)N(C(=O)O)C1N=C(NC2=NC(N=C4NC(N3)C3C=CCC=C43)C3C=CCC=C23)C2=C1C(C)C(C)=C(C)C2N. The molecule has 0 radical (unpaired) electrons. The quantitative estimate of drug-likeness (QED) is 0.251. The van der Waals surface area contributed by atoms with Crippen molar-refractivity contribution in [1.82, 2.24) is 20.9 Å². The van der Waals surface area contributed by atoms with Crippen LogP contribution in [0.2, 0.25) is 0 Å². The smallest absolute Gasteiger partial charge is 0.411 e. The molecule has 5 aliphatic heterocycles. The Balaban J connectivity index is 1.25. The van der Waals surface area contributed by atoms with Gasteiger partial charge in [0.25, 0.3) is 0 Å². The summed E-state index contributed by atoms with van der Waals surface area (Å²) in [5.74, 6) is 2.55. The number of fused-ring (bicyclic) bond motifs is 16. The van der Waals surface area contributed by atoms with Crippen LogP contribution in [0.25, 0.3) is 0 Å². The van der Waals surface area contributed by atoms with Crippen molar-refractivity contribution < 1.29 is 9.90 Å². The summed E-state index contributed by atoms with van der Waals surface area (Å²) in [5, 5.41) is 22.1. The monoisotopic (exact) mass is 643 g/mol. The Hall–Kier alpha value is -4.77. The second-order valence-electron chi connectivity index (χ2n) is 14.2. The van der Waals surface area contributed by atoms with Crippen LogP contribution in [0.15, 0.2) is 114 Å². The van der Waals surface area contributed by atoms with Gasteiger partial charge in [-0.25, -0.2) is 24.8 Å². The van der Waals surface area contributed by atoms with Crippen molar-refractivity contribution in [3.8, 4) is 0 Å². The van der Waals surface area contributed by atoms with E-state index in [1.54, 1.807) is 0 Å². The highest BCUT2D eigenvalue weighted by molar-refractivity contribution is 6.18. The van der Waals surface area contributed by atoms with E-state index in [1.807, 2.05) is 0 Å². The zero-order chi connectivity index (χ0) is 33.0. The fraction of sp³-hybridized carbons (Fsp3) is 0.432. The number of rotatable bonds is 0. The Morgan fingerprint density at radius 3 is 2.40 bits per heavy atom. The number of nitrogens with one attached hydrogen (secondary N) is 3. The van der Waals surface area contributed by atoms with E-state index in [2.05, 4.69) is 98.3 Å². The van der Waals surface area contributed by atoms with Crippen LogP contribution in [0, 0.1) is 29.6 Å². The number of aliphatic imine (C=N–C) groups is 4. The van der Waals surface area contributed by atoms with Crippen molar-refractivity contribution in [2.45, 2.75) is 71.2 Å². The number of carboxylic acid groups (broad SMARTS) is 1. The molecule has 4 aliphatic carbocycles. The number of amides is 1. The molecule has 10 unspecified atom stereocenters. The first-order valence-corrected chi connectivity index (χ1v) is 17.1. The third-order valence-corrected chi connectivity index (χ3v) is 11.8. The largest absolute Gasteiger partial charge is 0.465 e. The molecule has 0 aromatic carbocycles. The second-order valence-corrected chi connectivity index (χ2v) is 14.2. The first-order valence-electron chi connectivity index (χ1n) is 17.1. The number of hydrogen-bond acceptors (Lipinski definition) is 9. The molecule has 5 heterocycles. The van der Waals surface area contributed by atoms with Gasteiger partial charge in [-0.3, -0.25) is 4.90 Å². The number of hydrogen-bond donors (Lipinski definition) is 5. The number of nitrogens with two attached hydrogens (primary N) is 1. The molecule has 11 nitrogen and oxygen atoms in total. The predicted octanol–water partition coefficient (Wildman–Crippen LogP) is 4.07. The summed E-state index contributed by atoms with van der Waals surface area (Å²) in [5.41, 5.74) is 14.3. The van der Waals surface area contributed by atoms with E-state index in [0.717, 1.165) is 63.5 Å². The summed E-state index contributed by atoms with van der Waals surface area (Å²) in [7, 11) is 0. The topological polar surface area (TPSA) is 152 Å². The van der Waals surface area contributed by atoms with Gasteiger partial charge in [0.05, 0.1) is 6.04 Å². The maximum absolute atomic E-state index is 13.5. The van der Waals surface area contributed by atoms with E-state index in [0.29, 0.717) is 11.7 Å². The standard InChI is InChI=1S/C37H41N9O2/c1-16-10-9-15-24-25(16)35-44-33(24)42-31-21-12-6-5-11-20(21)29(40-31)39-30-22-13-7-8-14-23(22)32(41-30)43-34-27-26(36(45-34)46(35)37(47)48)18(3)17(2)19(4)28(27)38/h6-7,9-15,18,21-22,24-25,28,30-31,35-36H,5,8,38H2,1-4H3,(H,39,40)(H,42,44)(H,47,48)(H,41,43,45). The summed E-state index contributed by atoms with van der Waals surface area (Å²) in [6.07, 6.45) is 18.0. The molecule has 6 N–H and O–H groups in total. The van der Waals surface area contributed by atoms with Crippen molar-refractivity contribution in [2.75, 3.05) is 0 Å². The molecule has 1 amide bonds. The van der Waals surface area contributed by atoms with E-state index in [9.17, 15) is 9.90 Å². The van der Waals surface area contributed by atoms with E-state index < -0.39 is 24.5 Å². The minimum atomic E-state index is -1.06. The van der Waals surface area contributed by atoms with E-state index >= 15 is 0 Å². The Kier molecular flexibility index (Phi) is 6.50. The lowest BCUT2D eigenvalue weighted by Gasteiger charge is -2.38. The van der Waals surface area contributed by atoms with Gasteiger partial charge >= 0.3 is 6.09 Å². The molecule has 0 aromatic heterocycles. The Labute approximate surface area is 280 Å². The van der Waals surface area contributed by atoms with Gasteiger partial charge in [0.1, 0.15) is 35.7 Å². The average Bonchev–Trinajstić information content (AvgIpc) is 3.82. The van der Waals surface area contributed by atoms with Gasteiger partial charge in [-0.2, -0.15) is 0 Å². The molecule has 246 valence electrons. The summed E-state index contributed by atoms with van der Waals surface area (Å²) < 4.78 is 0. The highest BCUT2D eigenvalue weighted by Gasteiger charge is 2.52. The Morgan fingerprint density at radius 1 is 0.896 bits per heavy atom. The van der Waals surface area contributed by atoms with Crippen molar-refractivity contribution in [1.29, 1.82) is 0 Å². The lowest BCUT2D eigenvalue weighted by molar-refractivity contribution is 0.0959. The molecule has 1 saturated heterocycles. The summed E-state index contributed by atoms with van der Waals surface area (Å²) in [4.78, 5) is 35.9. The maximum Gasteiger partial charge on any atom is 0.411 e. The van der Waals surface area contributed by atoms with Gasteiger partial charge in [0.15, 0.2) is 12.3 Å².